The van der Waals surface area contributed by atoms with E-state index in [4.69, 9.17) is 0 Å². The van der Waals surface area contributed by atoms with Crippen LogP contribution in [0.4, 0.5) is 0 Å². The van der Waals surface area contributed by atoms with Gasteiger partial charge in [-0.25, -0.2) is 0 Å². The summed E-state index contributed by atoms with van der Waals surface area (Å²) in [6, 6.07) is 0. The predicted molar refractivity (Wildman–Crippen MR) is 70.4 cm³/mol. The van der Waals surface area contributed by atoms with Crippen LogP contribution in [0.1, 0.15) is 59.3 Å². The molecule has 1 nitrogen and oxygen atoms in total. The van der Waals surface area contributed by atoms with Crippen molar-refractivity contribution >= 4 is 0 Å². The lowest BCUT2D eigenvalue weighted by molar-refractivity contribution is -0.0243. The summed E-state index contributed by atoms with van der Waals surface area (Å²) in [5, 5.41) is 10.6. The molecule has 1 aliphatic rings. The van der Waals surface area contributed by atoms with Gasteiger partial charge in [0.05, 0.1) is 5.60 Å². The number of allylic oxidation sites excluding steroid dienone is 2. The molecule has 0 aromatic heterocycles. The topological polar surface area (TPSA) is 20.2 Å². The highest BCUT2D eigenvalue weighted by atomic mass is 16.3. The molecule has 0 spiro atoms. The molecule has 1 N–H and O–H groups in total. The van der Waals surface area contributed by atoms with Crippen LogP contribution in [0.15, 0.2) is 23.8 Å². The van der Waals surface area contributed by atoms with Crippen LogP contribution in [0.2, 0.25) is 0 Å². The molecule has 0 aliphatic heterocycles. The fourth-order valence-corrected chi connectivity index (χ4v) is 2.40. The van der Waals surface area contributed by atoms with E-state index in [2.05, 4.69) is 33.4 Å². The van der Waals surface area contributed by atoms with Gasteiger partial charge in [-0.15, -0.1) is 6.58 Å². The van der Waals surface area contributed by atoms with Gasteiger partial charge in [0.15, 0.2) is 0 Å². The van der Waals surface area contributed by atoms with Crippen molar-refractivity contribution in [1.82, 2.24) is 0 Å². The summed E-state index contributed by atoms with van der Waals surface area (Å²) in [6.07, 6.45) is 8.39. The molecule has 0 saturated heterocycles. The molecular weight excluding hydrogens is 196 g/mol. The highest BCUT2D eigenvalue weighted by Crippen LogP contribution is 2.35. The second-order valence-corrected chi connectivity index (χ2v) is 5.61. The van der Waals surface area contributed by atoms with Crippen LogP contribution in [0.25, 0.3) is 0 Å². The zero-order chi connectivity index (χ0) is 12.2. The SMILES string of the molecule is C=C(C)CCC[C@@H](C)C1(O)CC=C(C)CC1. The van der Waals surface area contributed by atoms with Gasteiger partial charge in [-0.05, 0) is 58.3 Å². The number of hydrogen-bond donors (Lipinski definition) is 1. The molecule has 0 aromatic carbocycles. The number of rotatable bonds is 5. The van der Waals surface area contributed by atoms with Gasteiger partial charge in [0.2, 0.25) is 0 Å². The first-order valence-electron chi connectivity index (χ1n) is 6.46. The average Bonchev–Trinajstić information content (AvgIpc) is 2.22. The third-order valence-electron chi connectivity index (χ3n) is 3.91. The van der Waals surface area contributed by atoms with Crippen LogP contribution in [0, 0.1) is 5.92 Å². The Balaban J connectivity index is 2.41. The Kier molecular flexibility index (Phi) is 4.79. The Morgan fingerprint density at radius 3 is 2.81 bits per heavy atom. The van der Waals surface area contributed by atoms with Crippen molar-refractivity contribution in [3.8, 4) is 0 Å². The molecular formula is C15H26O. The van der Waals surface area contributed by atoms with E-state index < -0.39 is 5.60 Å². The van der Waals surface area contributed by atoms with Gasteiger partial charge in [0.1, 0.15) is 0 Å². The van der Waals surface area contributed by atoms with Crippen molar-refractivity contribution in [2.45, 2.75) is 64.9 Å². The first kappa shape index (κ1) is 13.5. The predicted octanol–water partition coefficient (Wildman–Crippen LogP) is 4.23. The fraction of sp³-hybridized carbons (Fsp3) is 0.733. The number of hydrogen-bond acceptors (Lipinski definition) is 1. The van der Waals surface area contributed by atoms with Crippen molar-refractivity contribution in [2.24, 2.45) is 5.92 Å². The molecule has 0 bridgehead atoms. The molecule has 1 unspecified atom stereocenters. The van der Waals surface area contributed by atoms with E-state index in [1.54, 1.807) is 0 Å². The van der Waals surface area contributed by atoms with Crippen LogP contribution in [0.5, 0.6) is 0 Å². The minimum atomic E-state index is -0.450. The maximum Gasteiger partial charge on any atom is 0.0710 e. The first-order chi connectivity index (χ1) is 7.44. The molecule has 0 radical (unpaired) electrons. The van der Waals surface area contributed by atoms with Crippen molar-refractivity contribution < 1.29 is 5.11 Å². The Hall–Kier alpha value is -0.560. The van der Waals surface area contributed by atoms with E-state index >= 15 is 0 Å². The third-order valence-corrected chi connectivity index (χ3v) is 3.91. The van der Waals surface area contributed by atoms with Gasteiger partial charge >= 0.3 is 0 Å². The second kappa shape index (κ2) is 5.67. The van der Waals surface area contributed by atoms with E-state index in [0.29, 0.717) is 5.92 Å². The van der Waals surface area contributed by atoms with Gasteiger partial charge in [0, 0.05) is 0 Å². The molecule has 0 fully saturated rings. The van der Waals surface area contributed by atoms with Gasteiger partial charge in [0.25, 0.3) is 0 Å². The summed E-state index contributed by atoms with van der Waals surface area (Å²) in [6.45, 7) is 10.3. The van der Waals surface area contributed by atoms with Gasteiger partial charge in [-0.1, -0.05) is 24.1 Å². The number of aliphatic hydroxyl groups is 1. The van der Waals surface area contributed by atoms with Gasteiger partial charge in [-0.2, -0.15) is 0 Å². The summed E-state index contributed by atoms with van der Waals surface area (Å²) >= 11 is 0. The molecule has 1 heteroatoms. The summed E-state index contributed by atoms with van der Waals surface area (Å²) in [4.78, 5) is 0. The Bertz CT molecular complexity index is 277. The molecule has 0 aromatic rings. The molecule has 0 amide bonds. The van der Waals surface area contributed by atoms with Crippen LogP contribution in [-0.4, -0.2) is 10.7 Å². The van der Waals surface area contributed by atoms with Crippen LogP contribution >= 0.6 is 0 Å². The van der Waals surface area contributed by atoms with Crippen molar-refractivity contribution in [3.63, 3.8) is 0 Å². The van der Waals surface area contributed by atoms with E-state index in [1.807, 2.05) is 0 Å². The normalized spacial score (nSPS) is 27.4. The van der Waals surface area contributed by atoms with Gasteiger partial charge < -0.3 is 5.11 Å². The summed E-state index contributed by atoms with van der Waals surface area (Å²) in [5.41, 5.74) is 2.23. The van der Waals surface area contributed by atoms with Crippen molar-refractivity contribution in [2.75, 3.05) is 0 Å². The highest BCUT2D eigenvalue weighted by molar-refractivity contribution is 5.08. The summed E-state index contributed by atoms with van der Waals surface area (Å²) in [7, 11) is 0. The lowest BCUT2D eigenvalue weighted by atomic mass is 9.75. The Labute approximate surface area is 100 Å². The molecule has 16 heavy (non-hydrogen) atoms. The molecule has 0 heterocycles. The molecule has 1 aliphatic carbocycles. The fourth-order valence-electron chi connectivity index (χ4n) is 2.40. The Morgan fingerprint density at radius 2 is 2.31 bits per heavy atom. The maximum absolute atomic E-state index is 10.6. The monoisotopic (exact) mass is 222 g/mol. The van der Waals surface area contributed by atoms with Crippen LogP contribution < -0.4 is 0 Å². The lowest BCUT2D eigenvalue weighted by Crippen LogP contribution is -2.37. The van der Waals surface area contributed by atoms with Crippen LogP contribution in [0.3, 0.4) is 0 Å². The van der Waals surface area contributed by atoms with E-state index in [1.165, 1.54) is 11.1 Å². The molecule has 1 rings (SSSR count). The summed E-state index contributed by atoms with van der Waals surface area (Å²) in [5.74, 6) is 0.399. The zero-order valence-corrected chi connectivity index (χ0v) is 11.1. The standard InChI is InChI=1S/C15H26O/c1-12(2)6-5-7-14(4)15(16)10-8-13(3)9-11-15/h8,14,16H,1,5-7,9-11H2,2-4H3/t14-,15?/m1/s1. The van der Waals surface area contributed by atoms with Crippen LogP contribution in [-0.2, 0) is 0 Å². The smallest absolute Gasteiger partial charge is 0.0710 e. The summed E-state index contributed by atoms with van der Waals surface area (Å²) < 4.78 is 0. The van der Waals surface area contributed by atoms with Gasteiger partial charge in [-0.3, -0.25) is 0 Å². The Morgan fingerprint density at radius 1 is 1.62 bits per heavy atom. The molecule has 92 valence electrons. The van der Waals surface area contributed by atoms with E-state index in [-0.39, 0.29) is 0 Å². The van der Waals surface area contributed by atoms with Crippen molar-refractivity contribution in [1.29, 1.82) is 0 Å². The lowest BCUT2D eigenvalue weighted by Gasteiger charge is -2.36. The minimum Gasteiger partial charge on any atom is -0.389 e. The zero-order valence-electron chi connectivity index (χ0n) is 11.1. The molecule has 2 atom stereocenters. The first-order valence-corrected chi connectivity index (χ1v) is 6.46. The molecule has 0 saturated carbocycles. The third kappa shape index (κ3) is 3.79. The maximum atomic E-state index is 10.6. The second-order valence-electron chi connectivity index (χ2n) is 5.61. The average molecular weight is 222 g/mol. The quantitative estimate of drug-likeness (QED) is 0.690. The van der Waals surface area contributed by atoms with Crippen molar-refractivity contribution in [3.05, 3.63) is 23.8 Å². The highest BCUT2D eigenvalue weighted by Gasteiger charge is 2.33. The van der Waals surface area contributed by atoms with E-state index in [9.17, 15) is 5.11 Å². The minimum absolute atomic E-state index is 0.399. The van der Waals surface area contributed by atoms with E-state index in [0.717, 1.165) is 38.5 Å². The largest absolute Gasteiger partial charge is 0.389 e.